The number of carboxylic acids is 1. The van der Waals surface area contributed by atoms with Gasteiger partial charge in [-0.2, -0.15) is 0 Å². The molecule has 0 spiro atoms. The van der Waals surface area contributed by atoms with Crippen LogP contribution in [0.1, 0.15) is 25.7 Å². The number of carbonyl (C=O) groups is 2. The summed E-state index contributed by atoms with van der Waals surface area (Å²) in [5.74, 6) is -0.438. The second-order valence-electron chi connectivity index (χ2n) is 4.68. The van der Waals surface area contributed by atoms with E-state index in [9.17, 15) is 18.9 Å². The van der Waals surface area contributed by atoms with Crippen LogP contribution in [-0.4, -0.2) is 46.4 Å². The number of amides is 2. The van der Waals surface area contributed by atoms with Gasteiger partial charge in [-0.1, -0.05) is 12.8 Å². The number of hydrogen-bond acceptors (Lipinski definition) is 3. The third kappa shape index (κ3) is 4.29. The summed E-state index contributed by atoms with van der Waals surface area (Å²) in [7, 11) is -0.940. The standard InChI is InChI=1S/C11H20N2O4S/c1-18(17)7-6-12-10(16)13-8-11(9(14)15)4-2-3-5-11/h2-8H2,1H3,(H,14,15)(H2,12,13,16). The van der Waals surface area contributed by atoms with Crippen molar-refractivity contribution in [2.24, 2.45) is 5.41 Å². The summed E-state index contributed by atoms with van der Waals surface area (Å²) in [5.41, 5.74) is -0.801. The third-order valence-corrected chi connectivity index (χ3v) is 4.06. The Morgan fingerprint density at radius 3 is 2.39 bits per heavy atom. The molecule has 1 fully saturated rings. The van der Waals surface area contributed by atoms with E-state index in [0.29, 0.717) is 25.1 Å². The van der Waals surface area contributed by atoms with Gasteiger partial charge in [0.2, 0.25) is 0 Å². The van der Waals surface area contributed by atoms with Crippen molar-refractivity contribution in [1.29, 1.82) is 0 Å². The first-order valence-electron chi connectivity index (χ1n) is 6.01. The Morgan fingerprint density at radius 2 is 1.89 bits per heavy atom. The van der Waals surface area contributed by atoms with Gasteiger partial charge in [0, 0.05) is 35.9 Å². The molecule has 0 saturated heterocycles. The van der Waals surface area contributed by atoms with Gasteiger partial charge in [-0.25, -0.2) is 4.79 Å². The van der Waals surface area contributed by atoms with Crippen LogP contribution < -0.4 is 10.6 Å². The van der Waals surface area contributed by atoms with Gasteiger partial charge in [0.15, 0.2) is 0 Å². The molecule has 1 aliphatic carbocycles. The minimum atomic E-state index is -0.940. The van der Waals surface area contributed by atoms with Crippen LogP contribution in [0.25, 0.3) is 0 Å². The van der Waals surface area contributed by atoms with Crippen LogP contribution in [-0.2, 0) is 15.6 Å². The van der Waals surface area contributed by atoms with E-state index < -0.39 is 28.2 Å². The maximum atomic E-state index is 11.4. The Bertz CT molecular complexity index is 340. The normalized spacial score (nSPS) is 19.2. The molecule has 0 aromatic carbocycles. The number of urea groups is 1. The Morgan fingerprint density at radius 1 is 1.28 bits per heavy atom. The highest BCUT2D eigenvalue weighted by Crippen LogP contribution is 2.37. The van der Waals surface area contributed by atoms with E-state index >= 15 is 0 Å². The first kappa shape index (κ1) is 14.9. The number of rotatable bonds is 6. The maximum absolute atomic E-state index is 11.4. The Kier molecular flexibility index (Phi) is 5.58. The van der Waals surface area contributed by atoms with E-state index in [0.717, 1.165) is 12.8 Å². The van der Waals surface area contributed by atoms with Crippen LogP contribution in [0.15, 0.2) is 0 Å². The molecule has 1 unspecified atom stereocenters. The molecule has 0 aromatic rings. The quantitative estimate of drug-likeness (QED) is 0.650. The van der Waals surface area contributed by atoms with Crippen molar-refractivity contribution in [1.82, 2.24) is 10.6 Å². The van der Waals surface area contributed by atoms with Crippen molar-refractivity contribution in [3.8, 4) is 0 Å². The van der Waals surface area contributed by atoms with Crippen LogP contribution in [0.4, 0.5) is 4.79 Å². The molecule has 1 aliphatic rings. The third-order valence-electron chi connectivity index (χ3n) is 3.28. The first-order valence-corrected chi connectivity index (χ1v) is 7.74. The molecule has 18 heavy (non-hydrogen) atoms. The smallest absolute Gasteiger partial charge is 0.314 e. The van der Waals surface area contributed by atoms with Crippen molar-refractivity contribution in [3.05, 3.63) is 0 Å². The lowest BCUT2D eigenvalue weighted by Gasteiger charge is -2.23. The monoisotopic (exact) mass is 276 g/mol. The number of hydrogen-bond donors (Lipinski definition) is 3. The molecule has 0 bridgehead atoms. The Labute approximate surface area is 109 Å². The van der Waals surface area contributed by atoms with Gasteiger partial charge < -0.3 is 15.7 Å². The molecule has 7 heteroatoms. The van der Waals surface area contributed by atoms with Gasteiger partial charge in [-0.3, -0.25) is 9.00 Å². The van der Waals surface area contributed by atoms with Gasteiger partial charge in [-0.15, -0.1) is 0 Å². The van der Waals surface area contributed by atoms with Crippen molar-refractivity contribution in [2.45, 2.75) is 25.7 Å². The predicted octanol–water partition coefficient (Wildman–Crippen LogP) is 0.309. The molecular weight excluding hydrogens is 256 g/mol. The highest BCUT2D eigenvalue weighted by Gasteiger charge is 2.41. The predicted molar refractivity (Wildman–Crippen MR) is 68.9 cm³/mol. The molecule has 6 nitrogen and oxygen atoms in total. The highest BCUT2D eigenvalue weighted by atomic mass is 32.2. The number of carbonyl (C=O) groups excluding carboxylic acids is 1. The molecule has 0 heterocycles. The second-order valence-corrected chi connectivity index (χ2v) is 6.23. The summed E-state index contributed by atoms with van der Waals surface area (Å²) in [5, 5.41) is 14.4. The molecule has 1 atom stereocenters. The zero-order chi connectivity index (χ0) is 13.6. The number of aliphatic carboxylic acids is 1. The lowest BCUT2D eigenvalue weighted by Crippen LogP contribution is -2.45. The molecule has 0 radical (unpaired) electrons. The number of carboxylic acid groups (broad SMARTS) is 1. The van der Waals surface area contributed by atoms with Crippen LogP contribution in [0.2, 0.25) is 0 Å². The van der Waals surface area contributed by atoms with Crippen molar-refractivity contribution >= 4 is 22.8 Å². The summed E-state index contributed by atoms with van der Waals surface area (Å²) in [6.07, 6.45) is 4.58. The van der Waals surface area contributed by atoms with E-state index in [1.807, 2.05) is 0 Å². The topological polar surface area (TPSA) is 95.5 Å². The number of nitrogens with one attached hydrogen (secondary N) is 2. The summed E-state index contributed by atoms with van der Waals surface area (Å²) in [4.78, 5) is 22.7. The van der Waals surface area contributed by atoms with E-state index in [-0.39, 0.29) is 6.54 Å². The minimum Gasteiger partial charge on any atom is -0.481 e. The maximum Gasteiger partial charge on any atom is 0.314 e. The molecule has 3 N–H and O–H groups in total. The lowest BCUT2D eigenvalue weighted by molar-refractivity contribution is -0.148. The van der Waals surface area contributed by atoms with E-state index in [4.69, 9.17) is 0 Å². The van der Waals surface area contributed by atoms with Gasteiger partial charge in [0.1, 0.15) is 0 Å². The Hall–Kier alpha value is -1.11. The molecule has 1 rings (SSSR count). The summed E-state index contributed by atoms with van der Waals surface area (Å²) < 4.78 is 10.8. The molecular formula is C11H20N2O4S. The van der Waals surface area contributed by atoms with E-state index in [1.54, 1.807) is 6.26 Å². The SMILES string of the molecule is CS(=O)CCNC(=O)NCC1(C(=O)O)CCCC1. The largest absolute Gasteiger partial charge is 0.481 e. The molecule has 2 amide bonds. The van der Waals surface area contributed by atoms with Crippen LogP contribution in [0.5, 0.6) is 0 Å². The summed E-state index contributed by atoms with van der Waals surface area (Å²) in [6, 6.07) is -0.395. The van der Waals surface area contributed by atoms with Crippen molar-refractivity contribution in [2.75, 3.05) is 25.1 Å². The van der Waals surface area contributed by atoms with Gasteiger partial charge >= 0.3 is 12.0 Å². The Balaban J connectivity index is 2.32. The zero-order valence-corrected chi connectivity index (χ0v) is 11.3. The summed E-state index contributed by atoms with van der Waals surface area (Å²) in [6.45, 7) is 0.485. The minimum absolute atomic E-state index is 0.156. The van der Waals surface area contributed by atoms with Crippen LogP contribution in [0.3, 0.4) is 0 Å². The second kappa shape index (κ2) is 6.72. The van der Waals surface area contributed by atoms with Crippen molar-refractivity contribution in [3.63, 3.8) is 0 Å². The fraction of sp³-hybridized carbons (Fsp3) is 0.818. The van der Waals surface area contributed by atoms with Crippen molar-refractivity contribution < 1.29 is 18.9 Å². The molecule has 104 valence electrons. The van der Waals surface area contributed by atoms with E-state index in [1.165, 1.54) is 0 Å². The first-order chi connectivity index (χ1) is 8.46. The van der Waals surface area contributed by atoms with Gasteiger partial charge in [0.25, 0.3) is 0 Å². The lowest BCUT2D eigenvalue weighted by atomic mass is 9.86. The van der Waals surface area contributed by atoms with Gasteiger partial charge in [0.05, 0.1) is 5.41 Å². The average Bonchev–Trinajstić information content (AvgIpc) is 2.75. The molecule has 0 aromatic heterocycles. The fourth-order valence-corrected chi connectivity index (χ4v) is 2.53. The molecule has 0 aliphatic heterocycles. The summed E-state index contributed by atoms with van der Waals surface area (Å²) >= 11 is 0. The fourth-order valence-electron chi connectivity index (χ4n) is 2.14. The van der Waals surface area contributed by atoms with Gasteiger partial charge in [-0.05, 0) is 12.8 Å². The molecule has 1 saturated carbocycles. The van der Waals surface area contributed by atoms with E-state index in [2.05, 4.69) is 10.6 Å². The van der Waals surface area contributed by atoms with Crippen LogP contribution in [0, 0.1) is 5.41 Å². The van der Waals surface area contributed by atoms with Crippen LogP contribution >= 0.6 is 0 Å². The average molecular weight is 276 g/mol. The zero-order valence-electron chi connectivity index (χ0n) is 10.5. The highest BCUT2D eigenvalue weighted by molar-refractivity contribution is 7.84.